The summed E-state index contributed by atoms with van der Waals surface area (Å²) in [4.78, 5) is 11.2. The van der Waals surface area contributed by atoms with E-state index in [1.165, 1.54) is 0 Å². The molecule has 19 heavy (non-hydrogen) atoms. The van der Waals surface area contributed by atoms with Gasteiger partial charge >= 0.3 is 0 Å². The van der Waals surface area contributed by atoms with Crippen LogP contribution in [-0.2, 0) is 0 Å². The summed E-state index contributed by atoms with van der Waals surface area (Å²) >= 11 is 12.1. The highest BCUT2D eigenvalue weighted by Crippen LogP contribution is 2.31. The fourth-order valence-corrected chi connectivity index (χ4v) is 2.17. The van der Waals surface area contributed by atoms with Crippen LogP contribution in [0.15, 0.2) is 24.4 Å². The Balaban J connectivity index is 2.57. The zero-order chi connectivity index (χ0) is 14.0. The largest absolute Gasteiger partial charge is 0.298 e. The first kappa shape index (κ1) is 14.1. The van der Waals surface area contributed by atoms with E-state index in [2.05, 4.69) is 12.0 Å². The van der Waals surface area contributed by atoms with Crippen molar-refractivity contribution >= 4 is 29.5 Å². The lowest BCUT2D eigenvalue weighted by molar-refractivity contribution is 0.112. The first-order valence-electron chi connectivity index (χ1n) is 6.06. The monoisotopic (exact) mass is 296 g/mol. The van der Waals surface area contributed by atoms with Gasteiger partial charge in [0.2, 0.25) is 0 Å². The number of halogens is 2. The molecule has 0 aliphatic rings. The van der Waals surface area contributed by atoms with Gasteiger partial charge in [-0.05, 0) is 31.5 Å². The molecule has 1 heterocycles. The highest BCUT2D eigenvalue weighted by molar-refractivity contribution is 6.35. The summed E-state index contributed by atoms with van der Waals surface area (Å²) < 4.78 is 1.79. The summed E-state index contributed by atoms with van der Waals surface area (Å²) in [5.74, 6) is 0. The molecule has 0 bridgehead atoms. The van der Waals surface area contributed by atoms with Crippen LogP contribution in [0.4, 0.5) is 0 Å². The lowest BCUT2D eigenvalue weighted by atomic mass is 10.1. The van der Waals surface area contributed by atoms with Crippen LogP contribution in [0.5, 0.6) is 0 Å². The lowest BCUT2D eigenvalue weighted by Gasteiger charge is -2.08. The summed E-state index contributed by atoms with van der Waals surface area (Å²) in [6, 6.07) is 5.36. The average Bonchev–Trinajstić information content (AvgIpc) is 2.84. The van der Waals surface area contributed by atoms with Gasteiger partial charge in [-0.25, -0.2) is 0 Å². The molecule has 2 rings (SSSR count). The molecule has 0 aliphatic heterocycles. The Morgan fingerprint density at radius 2 is 2.16 bits per heavy atom. The second-order valence-corrected chi connectivity index (χ2v) is 5.26. The van der Waals surface area contributed by atoms with Crippen molar-refractivity contribution in [2.24, 2.45) is 0 Å². The summed E-state index contributed by atoms with van der Waals surface area (Å²) in [6.45, 7) is 4.11. The minimum atomic E-state index is 0.227. The van der Waals surface area contributed by atoms with Crippen LogP contribution in [-0.4, -0.2) is 16.1 Å². The van der Waals surface area contributed by atoms with E-state index in [0.717, 1.165) is 12.7 Å². The molecular formula is C14H14Cl2N2O. The Labute approximate surface area is 122 Å². The molecule has 5 heteroatoms. The van der Waals surface area contributed by atoms with Crippen molar-refractivity contribution < 1.29 is 4.79 Å². The van der Waals surface area contributed by atoms with Gasteiger partial charge in [-0.15, -0.1) is 0 Å². The highest BCUT2D eigenvalue weighted by atomic mass is 35.5. The molecule has 1 atom stereocenters. The van der Waals surface area contributed by atoms with Gasteiger partial charge in [-0.1, -0.05) is 30.1 Å². The van der Waals surface area contributed by atoms with Gasteiger partial charge in [0.25, 0.3) is 0 Å². The second-order valence-electron chi connectivity index (χ2n) is 4.41. The van der Waals surface area contributed by atoms with Crippen molar-refractivity contribution in [3.63, 3.8) is 0 Å². The maximum absolute atomic E-state index is 11.2. The predicted molar refractivity (Wildman–Crippen MR) is 78.1 cm³/mol. The number of rotatable bonds is 4. The third-order valence-corrected chi connectivity index (χ3v) is 3.68. The molecule has 0 radical (unpaired) electrons. The van der Waals surface area contributed by atoms with Crippen molar-refractivity contribution in [2.45, 2.75) is 26.3 Å². The number of carbonyl (C=O) groups is 1. The van der Waals surface area contributed by atoms with Crippen LogP contribution in [0.25, 0.3) is 11.3 Å². The van der Waals surface area contributed by atoms with Crippen molar-refractivity contribution in [3.8, 4) is 11.3 Å². The Hall–Kier alpha value is -1.32. The van der Waals surface area contributed by atoms with E-state index in [-0.39, 0.29) is 6.04 Å². The quantitative estimate of drug-likeness (QED) is 0.770. The zero-order valence-corrected chi connectivity index (χ0v) is 12.2. The maximum Gasteiger partial charge on any atom is 0.153 e. The molecule has 0 amide bonds. The first-order chi connectivity index (χ1) is 9.06. The van der Waals surface area contributed by atoms with Crippen molar-refractivity contribution in [2.75, 3.05) is 0 Å². The molecule has 3 nitrogen and oxygen atoms in total. The van der Waals surface area contributed by atoms with E-state index in [0.29, 0.717) is 26.9 Å². The normalized spacial score (nSPS) is 12.4. The van der Waals surface area contributed by atoms with Crippen molar-refractivity contribution in [1.82, 2.24) is 9.78 Å². The molecule has 0 fully saturated rings. The van der Waals surface area contributed by atoms with E-state index >= 15 is 0 Å². The van der Waals surface area contributed by atoms with Crippen LogP contribution in [0.2, 0.25) is 10.0 Å². The number of aldehydes is 1. The minimum Gasteiger partial charge on any atom is -0.298 e. The van der Waals surface area contributed by atoms with E-state index in [9.17, 15) is 4.79 Å². The molecule has 0 N–H and O–H groups in total. The number of hydrogen-bond donors (Lipinski definition) is 0. The first-order valence-corrected chi connectivity index (χ1v) is 6.82. The number of benzene rings is 1. The Kier molecular flexibility index (Phi) is 4.27. The predicted octanol–water partition coefficient (Wildman–Crippen LogP) is 4.64. The Bertz CT molecular complexity index is 607. The van der Waals surface area contributed by atoms with Crippen LogP contribution in [0, 0.1) is 0 Å². The molecule has 1 unspecified atom stereocenters. The highest BCUT2D eigenvalue weighted by Gasteiger charge is 2.16. The van der Waals surface area contributed by atoms with Gasteiger partial charge in [0, 0.05) is 22.8 Å². The fraction of sp³-hybridized carbons (Fsp3) is 0.286. The molecule has 2 aromatic rings. The second kappa shape index (κ2) is 5.76. The molecule has 0 saturated carbocycles. The van der Waals surface area contributed by atoms with Gasteiger partial charge < -0.3 is 0 Å². The number of nitrogens with zero attached hydrogens (tertiary/aromatic N) is 2. The van der Waals surface area contributed by atoms with E-state index < -0.39 is 0 Å². The maximum atomic E-state index is 11.2. The van der Waals surface area contributed by atoms with Crippen LogP contribution in [0.1, 0.15) is 36.7 Å². The molecule has 1 aromatic carbocycles. The summed E-state index contributed by atoms with van der Waals surface area (Å²) in [5, 5.41) is 5.56. The van der Waals surface area contributed by atoms with E-state index in [1.54, 1.807) is 29.1 Å². The average molecular weight is 297 g/mol. The van der Waals surface area contributed by atoms with Gasteiger partial charge in [0.15, 0.2) is 6.29 Å². The zero-order valence-electron chi connectivity index (χ0n) is 10.7. The third kappa shape index (κ3) is 2.82. The molecule has 0 aliphatic carbocycles. The number of aromatic nitrogens is 2. The van der Waals surface area contributed by atoms with E-state index in [4.69, 9.17) is 23.2 Å². The van der Waals surface area contributed by atoms with Gasteiger partial charge in [-0.2, -0.15) is 5.10 Å². The lowest BCUT2D eigenvalue weighted by Crippen LogP contribution is -2.04. The van der Waals surface area contributed by atoms with Crippen molar-refractivity contribution in [3.05, 3.63) is 40.0 Å². The van der Waals surface area contributed by atoms with Gasteiger partial charge in [-0.3, -0.25) is 9.48 Å². The smallest absolute Gasteiger partial charge is 0.153 e. The van der Waals surface area contributed by atoms with Crippen molar-refractivity contribution in [1.29, 1.82) is 0 Å². The standard InChI is InChI=1S/C14H14Cl2N2O/c1-3-9(2)18-7-10(8-19)14(17-18)12-6-11(15)4-5-13(12)16/h4-9H,3H2,1-2H3. The minimum absolute atomic E-state index is 0.227. The number of carbonyl (C=O) groups excluding carboxylic acids is 1. The van der Waals surface area contributed by atoms with Crippen LogP contribution < -0.4 is 0 Å². The molecule has 100 valence electrons. The SMILES string of the molecule is CCC(C)n1cc(C=O)c(-c2cc(Cl)ccc2Cl)n1. The number of hydrogen-bond acceptors (Lipinski definition) is 2. The Morgan fingerprint density at radius 3 is 2.79 bits per heavy atom. The summed E-state index contributed by atoms with van der Waals surface area (Å²) in [5.41, 5.74) is 1.77. The summed E-state index contributed by atoms with van der Waals surface area (Å²) in [6.07, 6.45) is 3.47. The van der Waals surface area contributed by atoms with Crippen LogP contribution >= 0.6 is 23.2 Å². The molecule has 0 saturated heterocycles. The van der Waals surface area contributed by atoms with Gasteiger partial charge in [0.1, 0.15) is 5.69 Å². The van der Waals surface area contributed by atoms with Crippen LogP contribution in [0.3, 0.4) is 0 Å². The van der Waals surface area contributed by atoms with E-state index in [1.807, 2.05) is 6.92 Å². The summed E-state index contributed by atoms with van der Waals surface area (Å²) in [7, 11) is 0. The third-order valence-electron chi connectivity index (χ3n) is 3.11. The Morgan fingerprint density at radius 1 is 1.42 bits per heavy atom. The molecule has 1 aromatic heterocycles. The van der Waals surface area contributed by atoms with Gasteiger partial charge in [0.05, 0.1) is 10.6 Å². The molecule has 0 spiro atoms. The molecular weight excluding hydrogens is 283 g/mol. The fourth-order valence-electron chi connectivity index (χ4n) is 1.79. The topological polar surface area (TPSA) is 34.9 Å².